The zero-order valence-corrected chi connectivity index (χ0v) is 16.3. The molecule has 28 heavy (non-hydrogen) atoms. The number of aryl methyl sites for hydroxylation is 2. The summed E-state index contributed by atoms with van der Waals surface area (Å²) >= 11 is 0. The molecule has 1 atom stereocenters. The van der Waals surface area contributed by atoms with Crippen LogP contribution in [0.25, 0.3) is 11.0 Å². The van der Waals surface area contributed by atoms with E-state index in [0.29, 0.717) is 29.3 Å². The molecule has 1 unspecified atom stereocenters. The Morgan fingerprint density at radius 1 is 1.11 bits per heavy atom. The Hall–Kier alpha value is -3.28. The Morgan fingerprint density at radius 3 is 2.43 bits per heavy atom. The van der Waals surface area contributed by atoms with E-state index in [1.165, 1.54) is 6.07 Å². The fraction of sp³-hybridized carbons (Fsp3) is 0.273. The first-order valence-electron chi connectivity index (χ1n) is 9.01. The molecule has 0 bridgehead atoms. The summed E-state index contributed by atoms with van der Waals surface area (Å²) in [4.78, 5) is 24.2. The van der Waals surface area contributed by atoms with Crippen LogP contribution in [-0.4, -0.2) is 19.2 Å². The van der Waals surface area contributed by atoms with Gasteiger partial charge in [-0.15, -0.1) is 0 Å². The first kappa shape index (κ1) is 19.5. The van der Waals surface area contributed by atoms with Gasteiger partial charge in [-0.25, -0.2) is 9.59 Å². The summed E-state index contributed by atoms with van der Waals surface area (Å²) in [6.07, 6.45) is -0.163. The molecule has 0 saturated heterocycles. The highest BCUT2D eigenvalue weighted by atomic mass is 16.6. The molecule has 0 aliphatic carbocycles. The molecule has 0 spiro atoms. The predicted octanol–water partition coefficient (Wildman–Crippen LogP) is 4.05. The van der Waals surface area contributed by atoms with Crippen molar-refractivity contribution >= 4 is 16.9 Å². The van der Waals surface area contributed by atoms with Crippen molar-refractivity contribution in [2.24, 2.45) is 0 Å². The smallest absolute Gasteiger partial charge is 0.352 e. The van der Waals surface area contributed by atoms with E-state index in [1.54, 1.807) is 44.4 Å². The Morgan fingerprint density at radius 2 is 1.79 bits per heavy atom. The Bertz CT molecular complexity index is 1050. The minimum Gasteiger partial charge on any atom is -0.497 e. The number of carbonyl (C=O) groups excluding carboxylic acids is 1. The van der Waals surface area contributed by atoms with Gasteiger partial charge in [0.05, 0.1) is 7.11 Å². The van der Waals surface area contributed by atoms with E-state index in [4.69, 9.17) is 18.6 Å². The van der Waals surface area contributed by atoms with Crippen molar-refractivity contribution in [3.63, 3.8) is 0 Å². The van der Waals surface area contributed by atoms with Gasteiger partial charge in [0.25, 0.3) is 0 Å². The molecule has 0 saturated carbocycles. The van der Waals surface area contributed by atoms with Crippen molar-refractivity contribution in [3.05, 3.63) is 64.0 Å². The molecule has 0 fully saturated rings. The quantitative estimate of drug-likeness (QED) is 0.364. The molecule has 2 aromatic carbocycles. The maximum atomic E-state index is 12.5. The molecule has 0 aliphatic rings. The van der Waals surface area contributed by atoms with Crippen LogP contribution in [0.1, 0.15) is 25.0 Å². The van der Waals surface area contributed by atoms with Crippen LogP contribution < -0.4 is 19.8 Å². The van der Waals surface area contributed by atoms with Crippen LogP contribution in [0.15, 0.2) is 51.7 Å². The van der Waals surface area contributed by atoms with Crippen LogP contribution in [0.3, 0.4) is 0 Å². The predicted molar refractivity (Wildman–Crippen MR) is 105 cm³/mol. The van der Waals surface area contributed by atoms with Crippen molar-refractivity contribution in [2.45, 2.75) is 33.3 Å². The summed E-state index contributed by atoms with van der Waals surface area (Å²) in [5.74, 6) is 1.04. The van der Waals surface area contributed by atoms with Gasteiger partial charge in [-0.2, -0.15) is 0 Å². The zero-order valence-electron chi connectivity index (χ0n) is 16.3. The molecule has 0 amide bonds. The zero-order chi connectivity index (χ0) is 20.3. The first-order valence-corrected chi connectivity index (χ1v) is 9.01. The van der Waals surface area contributed by atoms with Crippen molar-refractivity contribution < 1.29 is 23.4 Å². The fourth-order valence-electron chi connectivity index (χ4n) is 2.86. The molecule has 146 valence electrons. The minimum absolute atomic E-state index is 0.360. The van der Waals surface area contributed by atoms with Crippen LogP contribution in [0.5, 0.6) is 17.2 Å². The second kappa shape index (κ2) is 8.17. The lowest BCUT2D eigenvalue weighted by Gasteiger charge is -2.16. The topological polar surface area (TPSA) is 75.0 Å². The highest BCUT2D eigenvalue weighted by molar-refractivity contribution is 5.84. The first-order chi connectivity index (χ1) is 13.4. The van der Waals surface area contributed by atoms with Gasteiger partial charge in [0.1, 0.15) is 22.8 Å². The van der Waals surface area contributed by atoms with Gasteiger partial charge >= 0.3 is 11.6 Å². The van der Waals surface area contributed by atoms with Gasteiger partial charge in [-0.05, 0) is 61.7 Å². The normalized spacial score (nSPS) is 11.9. The highest BCUT2D eigenvalue weighted by Crippen LogP contribution is 2.28. The maximum absolute atomic E-state index is 12.5. The van der Waals surface area contributed by atoms with Gasteiger partial charge < -0.3 is 18.6 Å². The van der Waals surface area contributed by atoms with E-state index in [1.807, 2.05) is 19.9 Å². The lowest BCUT2D eigenvalue weighted by Crippen LogP contribution is -2.28. The molecule has 0 radical (unpaired) electrons. The van der Waals surface area contributed by atoms with E-state index in [2.05, 4.69) is 0 Å². The molecule has 6 heteroatoms. The number of rotatable bonds is 6. The standard InChI is InChI=1S/C22H22O6/c1-5-15-11-18-13(2)10-21(23)27-20(18)12-19(15)28-22(24)14(3)26-17-8-6-16(25-4)7-9-17/h6-12,14H,5H2,1-4H3. The Kier molecular flexibility index (Phi) is 5.68. The van der Waals surface area contributed by atoms with Crippen LogP contribution in [0, 0.1) is 6.92 Å². The Labute approximate surface area is 162 Å². The minimum atomic E-state index is -0.821. The SMILES string of the molecule is CCc1cc2c(C)cc(=O)oc2cc1OC(=O)C(C)Oc1ccc(OC)cc1. The van der Waals surface area contributed by atoms with Gasteiger partial charge in [0, 0.05) is 17.5 Å². The van der Waals surface area contributed by atoms with E-state index >= 15 is 0 Å². The molecule has 3 rings (SSSR count). The highest BCUT2D eigenvalue weighted by Gasteiger charge is 2.20. The summed E-state index contributed by atoms with van der Waals surface area (Å²) in [6.45, 7) is 5.42. The van der Waals surface area contributed by atoms with Gasteiger partial charge in [-0.3, -0.25) is 0 Å². The molecule has 3 aromatic rings. The molecule has 1 heterocycles. The third kappa shape index (κ3) is 4.17. The van der Waals surface area contributed by atoms with Crippen LogP contribution in [0.4, 0.5) is 0 Å². The maximum Gasteiger partial charge on any atom is 0.352 e. The largest absolute Gasteiger partial charge is 0.497 e. The lowest BCUT2D eigenvalue weighted by molar-refractivity contribution is -0.141. The molecular formula is C22H22O6. The van der Waals surface area contributed by atoms with E-state index in [-0.39, 0.29) is 0 Å². The Balaban J connectivity index is 1.81. The van der Waals surface area contributed by atoms with E-state index in [0.717, 1.165) is 16.5 Å². The summed E-state index contributed by atoms with van der Waals surface area (Å²) < 4.78 is 21.5. The number of hydrogen-bond acceptors (Lipinski definition) is 6. The van der Waals surface area contributed by atoms with Crippen LogP contribution in [0.2, 0.25) is 0 Å². The van der Waals surface area contributed by atoms with Crippen LogP contribution in [-0.2, 0) is 11.2 Å². The monoisotopic (exact) mass is 382 g/mol. The molecule has 0 N–H and O–H groups in total. The van der Waals surface area contributed by atoms with Crippen molar-refractivity contribution in [1.82, 2.24) is 0 Å². The molecule has 6 nitrogen and oxygen atoms in total. The molecular weight excluding hydrogens is 360 g/mol. The second-order valence-corrected chi connectivity index (χ2v) is 6.41. The lowest BCUT2D eigenvalue weighted by atomic mass is 10.1. The summed E-state index contributed by atoms with van der Waals surface area (Å²) in [6, 6.07) is 11.8. The third-order valence-electron chi connectivity index (χ3n) is 4.43. The van der Waals surface area contributed by atoms with Gasteiger partial charge in [-0.1, -0.05) is 6.92 Å². The number of carbonyl (C=O) groups is 1. The van der Waals surface area contributed by atoms with Gasteiger partial charge in [0.2, 0.25) is 0 Å². The van der Waals surface area contributed by atoms with Gasteiger partial charge in [0.15, 0.2) is 6.10 Å². The van der Waals surface area contributed by atoms with Crippen molar-refractivity contribution in [2.75, 3.05) is 7.11 Å². The summed E-state index contributed by atoms with van der Waals surface area (Å²) in [7, 11) is 1.58. The average Bonchev–Trinajstić information content (AvgIpc) is 2.68. The number of methoxy groups -OCH3 is 1. The number of esters is 1. The van der Waals surface area contributed by atoms with E-state index in [9.17, 15) is 9.59 Å². The molecule has 1 aromatic heterocycles. The summed E-state index contributed by atoms with van der Waals surface area (Å²) in [5.41, 5.74) is 1.60. The average molecular weight is 382 g/mol. The fourth-order valence-corrected chi connectivity index (χ4v) is 2.86. The number of ether oxygens (including phenoxy) is 3. The molecule has 0 aliphatic heterocycles. The van der Waals surface area contributed by atoms with Crippen LogP contribution >= 0.6 is 0 Å². The number of fused-ring (bicyclic) bond motifs is 1. The van der Waals surface area contributed by atoms with Crippen molar-refractivity contribution in [3.8, 4) is 17.2 Å². The third-order valence-corrected chi connectivity index (χ3v) is 4.43. The number of benzene rings is 2. The second-order valence-electron chi connectivity index (χ2n) is 6.41. The van der Waals surface area contributed by atoms with E-state index < -0.39 is 17.7 Å². The van der Waals surface area contributed by atoms with Crippen molar-refractivity contribution in [1.29, 1.82) is 0 Å². The number of hydrogen-bond donors (Lipinski definition) is 0. The summed E-state index contributed by atoms with van der Waals surface area (Å²) in [5, 5.41) is 0.818.